The van der Waals surface area contributed by atoms with Gasteiger partial charge in [0.05, 0.1) is 0 Å². The van der Waals surface area contributed by atoms with Gasteiger partial charge in [-0.25, -0.2) is 0 Å². The quantitative estimate of drug-likeness (QED) is 0.836. The van der Waals surface area contributed by atoms with Gasteiger partial charge in [-0.3, -0.25) is 4.90 Å². The monoisotopic (exact) mass is 254 g/mol. The molecule has 0 amide bonds. The Labute approximate surface area is 112 Å². The highest BCUT2D eigenvalue weighted by atomic mass is 16.5. The lowest BCUT2D eigenvalue weighted by Crippen LogP contribution is -2.50. The van der Waals surface area contributed by atoms with Crippen LogP contribution in [0.2, 0.25) is 0 Å². The normalized spacial score (nSPS) is 32.7. The topological polar surface area (TPSA) is 38.5 Å². The molecule has 0 aromatic carbocycles. The maximum Gasteiger partial charge on any atom is 0.0469 e. The molecule has 1 aliphatic heterocycles. The van der Waals surface area contributed by atoms with Crippen molar-refractivity contribution in [3.05, 3.63) is 0 Å². The maximum atomic E-state index is 6.06. The first-order chi connectivity index (χ1) is 8.72. The molecular weight excluding hydrogens is 224 g/mol. The van der Waals surface area contributed by atoms with Crippen LogP contribution in [0.4, 0.5) is 0 Å². The van der Waals surface area contributed by atoms with Crippen molar-refractivity contribution in [2.24, 2.45) is 17.6 Å². The van der Waals surface area contributed by atoms with Gasteiger partial charge in [-0.05, 0) is 44.6 Å². The molecule has 0 spiro atoms. The molecule has 2 fully saturated rings. The second-order valence-electron chi connectivity index (χ2n) is 6.34. The summed E-state index contributed by atoms with van der Waals surface area (Å²) in [5.74, 6) is 1.63. The number of hydrogen-bond donors (Lipinski definition) is 1. The molecule has 2 aliphatic rings. The lowest BCUT2D eigenvalue weighted by molar-refractivity contribution is 0.0155. The van der Waals surface area contributed by atoms with Crippen LogP contribution in [0.15, 0.2) is 0 Å². The zero-order valence-electron chi connectivity index (χ0n) is 12.1. The minimum Gasteiger partial charge on any atom is -0.381 e. The van der Waals surface area contributed by atoms with Crippen molar-refractivity contribution in [2.75, 3.05) is 26.8 Å². The minimum absolute atomic E-state index is 0.559. The van der Waals surface area contributed by atoms with Crippen molar-refractivity contribution >= 4 is 0 Å². The Morgan fingerprint density at radius 3 is 2.56 bits per heavy atom. The molecule has 3 nitrogen and oxygen atoms in total. The largest absolute Gasteiger partial charge is 0.381 e. The number of rotatable bonds is 4. The van der Waals surface area contributed by atoms with Gasteiger partial charge >= 0.3 is 0 Å². The highest BCUT2D eigenvalue weighted by Gasteiger charge is 2.31. The van der Waals surface area contributed by atoms with Gasteiger partial charge < -0.3 is 10.5 Å². The summed E-state index contributed by atoms with van der Waals surface area (Å²) in [5.41, 5.74) is 6.06. The van der Waals surface area contributed by atoms with E-state index in [2.05, 4.69) is 18.9 Å². The van der Waals surface area contributed by atoms with Gasteiger partial charge in [0.25, 0.3) is 0 Å². The first-order valence-electron chi connectivity index (χ1n) is 7.72. The third kappa shape index (κ3) is 3.46. The molecule has 18 heavy (non-hydrogen) atoms. The summed E-state index contributed by atoms with van der Waals surface area (Å²) >= 11 is 0. The summed E-state index contributed by atoms with van der Waals surface area (Å²) in [6, 6.07) is 1.31. The summed E-state index contributed by atoms with van der Waals surface area (Å²) in [4.78, 5) is 2.60. The summed E-state index contributed by atoms with van der Waals surface area (Å²) in [6.07, 6.45) is 7.90. The van der Waals surface area contributed by atoms with Crippen molar-refractivity contribution in [2.45, 2.75) is 57.5 Å². The molecular formula is C15H30N2O. The van der Waals surface area contributed by atoms with E-state index in [1.807, 2.05) is 0 Å². The molecule has 1 saturated heterocycles. The highest BCUT2D eigenvalue weighted by molar-refractivity contribution is 4.86. The van der Waals surface area contributed by atoms with Gasteiger partial charge in [-0.2, -0.15) is 0 Å². The van der Waals surface area contributed by atoms with Gasteiger partial charge in [0.2, 0.25) is 0 Å². The van der Waals surface area contributed by atoms with E-state index in [1.165, 1.54) is 38.5 Å². The molecule has 106 valence electrons. The van der Waals surface area contributed by atoms with Gasteiger partial charge in [0.1, 0.15) is 0 Å². The van der Waals surface area contributed by atoms with E-state index in [0.717, 1.165) is 37.6 Å². The molecule has 1 aliphatic carbocycles. The zero-order valence-corrected chi connectivity index (χ0v) is 12.1. The molecule has 0 radical (unpaired) electrons. The van der Waals surface area contributed by atoms with Crippen LogP contribution in [0, 0.1) is 11.8 Å². The van der Waals surface area contributed by atoms with Crippen LogP contribution in [-0.4, -0.2) is 43.8 Å². The van der Waals surface area contributed by atoms with E-state index < -0.39 is 0 Å². The molecule has 3 heteroatoms. The standard InChI is InChI=1S/C15H30N2O/c1-12-4-3-5-14(10-12)17(2)15(11-16)13-6-8-18-9-7-13/h12-15H,3-11,16H2,1-2H3. The van der Waals surface area contributed by atoms with E-state index in [9.17, 15) is 0 Å². The summed E-state index contributed by atoms with van der Waals surface area (Å²) in [5, 5.41) is 0. The minimum atomic E-state index is 0.559. The van der Waals surface area contributed by atoms with Crippen molar-refractivity contribution in [3.8, 4) is 0 Å². The smallest absolute Gasteiger partial charge is 0.0469 e. The number of nitrogens with zero attached hydrogens (tertiary/aromatic N) is 1. The lowest BCUT2D eigenvalue weighted by Gasteiger charge is -2.42. The van der Waals surface area contributed by atoms with Crippen molar-refractivity contribution in [1.82, 2.24) is 4.90 Å². The number of nitrogens with two attached hydrogens (primary N) is 1. The van der Waals surface area contributed by atoms with Crippen molar-refractivity contribution in [3.63, 3.8) is 0 Å². The van der Waals surface area contributed by atoms with E-state index >= 15 is 0 Å². The summed E-state index contributed by atoms with van der Waals surface area (Å²) < 4.78 is 5.48. The number of ether oxygens (including phenoxy) is 1. The first-order valence-corrected chi connectivity index (χ1v) is 7.72. The second kappa shape index (κ2) is 6.88. The van der Waals surface area contributed by atoms with Crippen LogP contribution in [-0.2, 0) is 4.74 Å². The molecule has 0 aromatic rings. The van der Waals surface area contributed by atoms with Crippen LogP contribution < -0.4 is 5.73 Å². The van der Waals surface area contributed by atoms with Crippen LogP contribution in [0.1, 0.15) is 45.4 Å². The predicted molar refractivity (Wildman–Crippen MR) is 75.6 cm³/mol. The van der Waals surface area contributed by atoms with Crippen LogP contribution in [0.5, 0.6) is 0 Å². The molecule has 1 heterocycles. The van der Waals surface area contributed by atoms with Crippen LogP contribution >= 0.6 is 0 Å². The first kappa shape index (κ1) is 14.3. The fourth-order valence-corrected chi connectivity index (χ4v) is 3.83. The van der Waals surface area contributed by atoms with E-state index in [1.54, 1.807) is 0 Å². The Kier molecular flexibility index (Phi) is 5.46. The van der Waals surface area contributed by atoms with Gasteiger partial charge in [-0.15, -0.1) is 0 Å². The third-order valence-electron chi connectivity index (χ3n) is 5.06. The molecule has 3 atom stereocenters. The highest BCUT2D eigenvalue weighted by Crippen LogP contribution is 2.30. The fraction of sp³-hybridized carbons (Fsp3) is 1.00. The van der Waals surface area contributed by atoms with Gasteiger partial charge in [-0.1, -0.05) is 19.8 Å². The number of likely N-dealkylation sites (N-methyl/N-ethyl adjacent to an activating group) is 1. The van der Waals surface area contributed by atoms with Crippen LogP contribution in [0.3, 0.4) is 0 Å². The van der Waals surface area contributed by atoms with E-state index in [0.29, 0.717) is 6.04 Å². The molecule has 0 aromatic heterocycles. The SMILES string of the molecule is CC1CCCC(N(C)C(CN)C2CCOCC2)C1. The molecule has 1 saturated carbocycles. The predicted octanol–water partition coefficient (Wildman–Crippen LogP) is 2.25. The van der Waals surface area contributed by atoms with Crippen molar-refractivity contribution in [1.29, 1.82) is 0 Å². The molecule has 3 unspecified atom stereocenters. The second-order valence-corrected chi connectivity index (χ2v) is 6.34. The maximum absolute atomic E-state index is 6.06. The van der Waals surface area contributed by atoms with E-state index in [-0.39, 0.29) is 0 Å². The lowest BCUT2D eigenvalue weighted by atomic mass is 9.83. The molecule has 2 N–H and O–H groups in total. The Balaban J connectivity index is 1.93. The Hall–Kier alpha value is -0.120. The van der Waals surface area contributed by atoms with Crippen molar-refractivity contribution < 1.29 is 4.74 Å². The van der Waals surface area contributed by atoms with Crippen LogP contribution in [0.25, 0.3) is 0 Å². The average molecular weight is 254 g/mol. The molecule has 0 bridgehead atoms. The molecule has 2 rings (SSSR count). The average Bonchev–Trinajstić information content (AvgIpc) is 2.41. The number of hydrogen-bond acceptors (Lipinski definition) is 3. The summed E-state index contributed by atoms with van der Waals surface area (Å²) in [7, 11) is 2.30. The Morgan fingerprint density at radius 1 is 1.22 bits per heavy atom. The third-order valence-corrected chi connectivity index (χ3v) is 5.06. The zero-order chi connectivity index (χ0) is 13.0. The Morgan fingerprint density at radius 2 is 1.94 bits per heavy atom. The van der Waals surface area contributed by atoms with Gasteiger partial charge in [0, 0.05) is 31.8 Å². The summed E-state index contributed by atoms with van der Waals surface area (Å²) in [6.45, 7) is 5.05. The Bertz CT molecular complexity index is 241. The van der Waals surface area contributed by atoms with E-state index in [4.69, 9.17) is 10.5 Å². The fourth-order valence-electron chi connectivity index (χ4n) is 3.83. The van der Waals surface area contributed by atoms with Gasteiger partial charge in [0.15, 0.2) is 0 Å².